The van der Waals surface area contributed by atoms with Gasteiger partial charge in [-0.1, -0.05) is 6.08 Å². The molecule has 0 fully saturated rings. The molecule has 1 rings (SSSR count). The minimum absolute atomic E-state index is 0.0900. The summed E-state index contributed by atoms with van der Waals surface area (Å²) < 4.78 is 9.92. The number of amides is 1. The summed E-state index contributed by atoms with van der Waals surface area (Å²) in [5.41, 5.74) is 6.10. The van der Waals surface area contributed by atoms with Gasteiger partial charge in [0.05, 0.1) is 7.11 Å². The zero-order valence-electron chi connectivity index (χ0n) is 12.3. The summed E-state index contributed by atoms with van der Waals surface area (Å²) in [4.78, 5) is 22.7. The van der Waals surface area contributed by atoms with Crippen molar-refractivity contribution in [3.63, 3.8) is 0 Å². The van der Waals surface area contributed by atoms with Gasteiger partial charge >= 0.3 is 5.97 Å². The highest BCUT2D eigenvalue weighted by molar-refractivity contribution is 7.80. The molecule has 1 atom stereocenters. The van der Waals surface area contributed by atoms with E-state index in [1.165, 1.54) is 7.11 Å². The largest absolute Gasteiger partial charge is 0.490 e. The maximum atomic E-state index is 11.8. The molecule has 0 aliphatic rings. The van der Waals surface area contributed by atoms with Crippen LogP contribution in [-0.2, 0) is 9.53 Å². The minimum atomic E-state index is -0.500. The number of hydrogen-bond acceptors (Lipinski definition) is 6. The van der Waals surface area contributed by atoms with E-state index in [4.69, 9.17) is 10.5 Å². The Hall–Kier alpha value is -1.99. The molecule has 7 heteroatoms. The molecule has 120 valence electrons. The number of esters is 1. The summed E-state index contributed by atoms with van der Waals surface area (Å²) in [7, 11) is 1.26. The highest BCUT2D eigenvalue weighted by Crippen LogP contribution is 2.12. The predicted molar refractivity (Wildman–Crippen MR) is 87.3 cm³/mol. The van der Waals surface area contributed by atoms with Gasteiger partial charge in [-0.2, -0.15) is 12.6 Å². The molecule has 1 unspecified atom stereocenters. The third-order valence-electron chi connectivity index (χ3n) is 2.68. The van der Waals surface area contributed by atoms with E-state index in [9.17, 15) is 9.59 Å². The minimum Gasteiger partial charge on any atom is -0.490 e. The smallest absolute Gasteiger partial charge is 0.325 e. The third kappa shape index (κ3) is 6.64. The van der Waals surface area contributed by atoms with E-state index in [0.29, 0.717) is 23.7 Å². The molecule has 0 saturated heterocycles. The van der Waals surface area contributed by atoms with E-state index in [2.05, 4.69) is 22.7 Å². The van der Waals surface area contributed by atoms with Crippen LogP contribution in [0.2, 0.25) is 0 Å². The van der Waals surface area contributed by atoms with Crippen LogP contribution in [0.3, 0.4) is 0 Å². The van der Waals surface area contributed by atoms with Gasteiger partial charge in [0.25, 0.3) is 5.91 Å². The Morgan fingerprint density at radius 1 is 1.36 bits per heavy atom. The maximum absolute atomic E-state index is 11.8. The molecule has 6 nitrogen and oxygen atoms in total. The van der Waals surface area contributed by atoms with E-state index in [1.807, 2.05) is 12.2 Å². The van der Waals surface area contributed by atoms with Gasteiger partial charge < -0.3 is 20.5 Å². The van der Waals surface area contributed by atoms with Crippen molar-refractivity contribution in [2.75, 3.05) is 26.0 Å². The van der Waals surface area contributed by atoms with Gasteiger partial charge in [-0.3, -0.25) is 9.59 Å². The van der Waals surface area contributed by atoms with Crippen molar-refractivity contribution >= 4 is 24.5 Å². The lowest BCUT2D eigenvalue weighted by Crippen LogP contribution is -2.30. The molecule has 0 aliphatic carbocycles. The van der Waals surface area contributed by atoms with Crippen molar-refractivity contribution in [3.8, 4) is 5.75 Å². The maximum Gasteiger partial charge on any atom is 0.325 e. The molecule has 0 aromatic heterocycles. The van der Waals surface area contributed by atoms with Crippen molar-refractivity contribution in [3.05, 3.63) is 42.0 Å². The average molecular weight is 324 g/mol. The molecule has 1 aromatic rings. The zero-order chi connectivity index (χ0) is 16.4. The zero-order valence-corrected chi connectivity index (χ0v) is 13.2. The standard InChI is InChI=1S/C15H20N2O4S/c1-20-14(18)9-17-15(19)11-4-6-13(7-5-11)21-8-2-3-12(16)10-22/h2-7,12,22H,8-10,16H2,1H3,(H,17,19)/b3-2+. The van der Waals surface area contributed by atoms with Crippen LogP contribution < -0.4 is 15.8 Å². The lowest BCUT2D eigenvalue weighted by Gasteiger charge is -2.06. The molecule has 0 radical (unpaired) electrons. The number of methoxy groups -OCH3 is 1. The normalized spacial score (nSPS) is 12.0. The highest BCUT2D eigenvalue weighted by Gasteiger charge is 2.07. The lowest BCUT2D eigenvalue weighted by molar-refractivity contribution is -0.139. The fourth-order valence-electron chi connectivity index (χ4n) is 1.46. The first-order chi connectivity index (χ1) is 10.6. The number of carbonyl (C=O) groups is 2. The highest BCUT2D eigenvalue weighted by atomic mass is 32.1. The van der Waals surface area contributed by atoms with Crippen LogP contribution in [-0.4, -0.2) is 43.9 Å². The number of nitrogens with two attached hydrogens (primary N) is 1. The molecular formula is C15H20N2O4S. The van der Waals surface area contributed by atoms with E-state index in [0.717, 1.165) is 0 Å². The van der Waals surface area contributed by atoms with Crippen LogP contribution in [0.4, 0.5) is 0 Å². The Morgan fingerprint density at radius 2 is 2.05 bits per heavy atom. The van der Waals surface area contributed by atoms with Gasteiger partial charge in [-0.05, 0) is 30.3 Å². The quantitative estimate of drug-likeness (QED) is 0.373. The molecule has 0 heterocycles. The van der Waals surface area contributed by atoms with Crippen molar-refractivity contribution < 1.29 is 19.1 Å². The first kappa shape index (κ1) is 18.1. The Morgan fingerprint density at radius 3 is 2.64 bits per heavy atom. The number of rotatable bonds is 8. The number of nitrogens with one attached hydrogen (secondary N) is 1. The van der Waals surface area contributed by atoms with E-state index in [-0.39, 0.29) is 18.5 Å². The topological polar surface area (TPSA) is 90.6 Å². The van der Waals surface area contributed by atoms with E-state index >= 15 is 0 Å². The number of benzene rings is 1. The molecular weight excluding hydrogens is 304 g/mol. The van der Waals surface area contributed by atoms with E-state index in [1.54, 1.807) is 24.3 Å². The second-order valence-corrected chi connectivity index (χ2v) is 4.73. The molecule has 1 aromatic carbocycles. The third-order valence-corrected chi connectivity index (χ3v) is 3.10. The van der Waals surface area contributed by atoms with Gasteiger partial charge in [-0.25, -0.2) is 0 Å². The van der Waals surface area contributed by atoms with Gasteiger partial charge in [0.15, 0.2) is 0 Å². The second-order valence-electron chi connectivity index (χ2n) is 4.37. The fraction of sp³-hybridized carbons (Fsp3) is 0.333. The summed E-state index contributed by atoms with van der Waals surface area (Å²) >= 11 is 4.07. The van der Waals surface area contributed by atoms with Gasteiger partial charge in [0, 0.05) is 17.4 Å². The van der Waals surface area contributed by atoms with Crippen LogP contribution in [0.5, 0.6) is 5.75 Å². The number of carbonyl (C=O) groups excluding carboxylic acids is 2. The Kier molecular flexibility index (Phi) is 8.09. The second kappa shape index (κ2) is 9.86. The SMILES string of the molecule is COC(=O)CNC(=O)c1ccc(OC/C=C/C(N)CS)cc1. The number of ether oxygens (including phenoxy) is 2. The van der Waals surface area contributed by atoms with Gasteiger partial charge in [0.2, 0.25) is 0 Å². The molecule has 0 bridgehead atoms. The fourth-order valence-corrected chi connectivity index (χ4v) is 1.59. The number of hydrogen-bond donors (Lipinski definition) is 3. The molecule has 22 heavy (non-hydrogen) atoms. The van der Waals surface area contributed by atoms with Crippen molar-refractivity contribution in [2.45, 2.75) is 6.04 Å². The monoisotopic (exact) mass is 324 g/mol. The molecule has 0 saturated carbocycles. The first-order valence-electron chi connectivity index (χ1n) is 6.67. The summed E-state index contributed by atoms with van der Waals surface area (Å²) in [6, 6.07) is 6.50. The van der Waals surface area contributed by atoms with Crippen LogP contribution >= 0.6 is 12.6 Å². The molecule has 3 N–H and O–H groups in total. The average Bonchev–Trinajstić information content (AvgIpc) is 2.56. The van der Waals surface area contributed by atoms with Crippen LogP contribution in [0.1, 0.15) is 10.4 Å². The summed E-state index contributed by atoms with van der Waals surface area (Å²) in [6.07, 6.45) is 3.64. The first-order valence-corrected chi connectivity index (χ1v) is 7.31. The summed E-state index contributed by atoms with van der Waals surface area (Å²) in [6.45, 7) is 0.221. The van der Waals surface area contributed by atoms with Crippen molar-refractivity contribution in [1.82, 2.24) is 5.32 Å². The van der Waals surface area contributed by atoms with E-state index < -0.39 is 5.97 Å². The predicted octanol–water partition coefficient (Wildman–Crippen LogP) is 0.781. The lowest BCUT2D eigenvalue weighted by atomic mass is 10.2. The van der Waals surface area contributed by atoms with Crippen molar-refractivity contribution in [2.24, 2.45) is 5.73 Å². The summed E-state index contributed by atoms with van der Waals surface area (Å²) in [5.74, 6) is 0.357. The van der Waals surface area contributed by atoms with Gasteiger partial charge in [-0.15, -0.1) is 0 Å². The Labute approximate surface area is 135 Å². The van der Waals surface area contributed by atoms with Crippen LogP contribution in [0.15, 0.2) is 36.4 Å². The van der Waals surface area contributed by atoms with Crippen LogP contribution in [0.25, 0.3) is 0 Å². The van der Waals surface area contributed by atoms with Crippen LogP contribution in [0, 0.1) is 0 Å². The molecule has 1 amide bonds. The van der Waals surface area contributed by atoms with Crippen molar-refractivity contribution in [1.29, 1.82) is 0 Å². The van der Waals surface area contributed by atoms with Gasteiger partial charge in [0.1, 0.15) is 18.9 Å². The molecule has 0 spiro atoms. The molecule has 0 aliphatic heterocycles. The Balaban J connectivity index is 2.44. The Bertz CT molecular complexity index is 517. The summed E-state index contributed by atoms with van der Waals surface area (Å²) in [5, 5.41) is 2.45. The number of thiol groups is 1.